The van der Waals surface area contributed by atoms with Crippen LogP contribution in [0.1, 0.15) is 54.0 Å². The summed E-state index contributed by atoms with van der Waals surface area (Å²) in [6, 6.07) is 14.3. The minimum absolute atomic E-state index is 0.0535. The fourth-order valence-electron chi connectivity index (χ4n) is 3.98. The molecule has 0 amide bonds. The lowest BCUT2D eigenvalue weighted by atomic mass is 9.86. The minimum Gasteiger partial charge on any atom is -0.481 e. The van der Waals surface area contributed by atoms with Crippen molar-refractivity contribution in [2.45, 2.75) is 45.0 Å². The van der Waals surface area contributed by atoms with Crippen molar-refractivity contribution in [3.63, 3.8) is 0 Å². The first-order chi connectivity index (χ1) is 16.2. The zero-order valence-electron chi connectivity index (χ0n) is 19.0. The van der Waals surface area contributed by atoms with Crippen LogP contribution >= 0.6 is 0 Å². The lowest BCUT2D eigenvalue weighted by Crippen LogP contribution is -2.14. The Kier molecular flexibility index (Phi) is 7.62. The quantitative estimate of drug-likeness (QED) is 0.336. The van der Waals surface area contributed by atoms with Crippen molar-refractivity contribution >= 4 is 5.97 Å². The van der Waals surface area contributed by atoms with Gasteiger partial charge in [-0.3, -0.25) is 4.79 Å². The van der Waals surface area contributed by atoms with Gasteiger partial charge in [0.1, 0.15) is 0 Å². The molecular formula is C27H24F6O2. The van der Waals surface area contributed by atoms with Crippen molar-refractivity contribution in [3.8, 4) is 11.1 Å². The number of halogens is 6. The zero-order chi connectivity index (χ0) is 26.0. The molecule has 35 heavy (non-hydrogen) atoms. The fourth-order valence-corrected chi connectivity index (χ4v) is 3.98. The van der Waals surface area contributed by atoms with Gasteiger partial charge in [-0.25, -0.2) is 0 Å². The van der Waals surface area contributed by atoms with Crippen LogP contribution in [0.4, 0.5) is 26.3 Å². The molecule has 0 bridgehead atoms. The summed E-state index contributed by atoms with van der Waals surface area (Å²) in [4.78, 5) is 12.0. The Morgan fingerprint density at radius 1 is 0.771 bits per heavy atom. The van der Waals surface area contributed by atoms with Crippen LogP contribution in [0.15, 0.2) is 66.7 Å². The van der Waals surface area contributed by atoms with Crippen molar-refractivity contribution in [3.05, 3.63) is 94.5 Å². The Labute approximate surface area is 199 Å². The Bertz CT molecular complexity index is 1180. The van der Waals surface area contributed by atoms with Crippen molar-refractivity contribution in [1.29, 1.82) is 0 Å². The third-order valence-electron chi connectivity index (χ3n) is 5.63. The van der Waals surface area contributed by atoms with Gasteiger partial charge in [0.15, 0.2) is 0 Å². The van der Waals surface area contributed by atoms with E-state index < -0.39 is 35.4 Å². The van der Waals surface area contributed by atoms with Gasteiger partial charge >= 0.3 is 18.3 Å². The van der Waals surface area contributed by atoms with Crippen LogP contribution in [0.3, 0.4) is 0 Å². The number of carboxylic acid groups (broad SMARTS) is 1. The molecule has 1 N–H and O–H groups in total. The molecule has 3 rings (SSSR count). The SMILES string of the molecule is CC(C)CC(C(=O)O)c1cc(Cc2cccc(C(F)(F)F)c2)cc(-c2ccc(C(F)(F)F)cc2)c1. The van der Waals surface area contributed by atoms with Crippen molar-refractivity contribution < 1.29 is 36.2 Å². The van der Waals surface area contributed by atoms with E-state index >= 15 is 0 Å². The molecule has 2 nitrogen and oxygen atoms in total. The average Bonchev–Trinajstić information content (AvgIpc) is 2.76. The first kappa shape index (κ1) is 26.3. The van der Waals surface area contributed by atoms with E-state index in [9.17, 15) is 36.2 Å². The lowest BCUT2D eigenvalue weighted by Gasteiger charge is -2.18. The molecule has 0 aliphatic carbocycles. The predicted octanol–water partition coefficient (Wildman–Crippen LogP) is 8.20. The zero-order valence-corrected chi connectivity index (χ0v) is 19.0. The van der Waals surface area contributed by atoms with Crippen LogP contribution in [0.25, 0.3) is 11.1 Å². The second kappa shape index (κ2) is 10.1. The topological polar surface area (TPSA) is 37.3 Å². The molecule has 0 fully saturated rings. The van der Waals surface area contributed by atoms with Crippen molar-refractivity contribution in [2.75, 3.05) is 0 Å². The second-order valence-electron chi connectivity index (χ2n) is 8.93. The summed E-state index contributed by atoms with van der Waals surface area (Å²) in [7, 11) is 0. The van der Waals surface area contributed by atoms with Crippen molar-refractivity contribution in [2.24, 2.45) is 5.92 Å². The smallest absolute Gasteiger partial charge is 0.416 e. The summed E-state index contributed by atoms with van der Waals surface area (Å²) in [5.41, 5.74) is 0.720. The Hall–Kier alpha value is -3.29. The van der Waals surface area contributed by atoms with Crippen LogP contribution < -0.4 is 0 Å². The number of rotatable bonds is 7. The van der Waals surface area contributed by atoms with Gasteiger partial charge < -0.3 is 5.11 Å². The molecule has 1 atom stereocenters. The molecule has 1 unspecified atom stereocenters. The van der Waals surface area contributed by atoms with Crippen molar-refractivity contribution in [1.82, 2.24) is 0 Å². The number of aliphatic carboxylic acids is 1. The summed E-state index contributed by atoms with van der Waals surface area (Å²) in [6.07, 6.45) is -8.58. The normalized spacial score (nSPS) is 13.2. The molecule has 0 aliphatic heterocycles. The lowest BCUT2D eigenvalue weighted by molar-refractivity contribution is -0.139. The molecule has 0 saturated carbocycles. The maximum Gasteiger partial charge on any atom is 0.416 e. The summed E-state index contributed by atoms with van der Waals surface area (Å²) >= 11 is 0. The largest absolute Gasteiger partial charge is 0.481 e. The molecule has 0 aromatic heterocycles. The van der Waals surface area contributed by atoms with E-state index in [4.69, 9.17) is 0 Å². The number of hydrogen-bond acceptors (Lipinski definition) is 1. The minimum atomic E-state index is -4.51. The molecule has 0 heterocycles. The van der Waals surface area contributed by atoms with E-state index in [1.165, 1.54) is 18.2 Å². The highest BCUT2D eigenvalue weighted by Gasteiger charge is 2.31. The van der Waals surface area contributed by atoms with Gasteiger partial charge in [0, 0.05) is 0 Å². The van der Waals surface area contributed by atoms with Gasteiger partial charge in [0.25, 0.3) is 0 Å². The van der Waals surface area contributed by atoms with Gasteiger partial charge in [-0.2, -0.15) is 26.3 Å². The maximum absolute atomic E-state index is 13.1. The first-order valence-electron chi connectivity index (χ1n) is 10.9. The molecule has 186 valence electrons. The van der Waals surface area contributed by atoms with E-state index in [1.807, 2.05) is 13.8 Å². The highest BCUT2D eigenvalue weighted by atomic mass is 19.4. The van der Waals surface area contributed by atoms with Gasteiger partial charge in [-0.1, -0.05) is 62.4 Å². The average molecular weight is 494 g/mol. The van der Waals surface area contributed by atoms with Gasteiger partial charge in [-0.15, -0.1) is 0 Å². The monoisotopic (exact) mass is 494 g/mol. The van der Waals surface area contributed by atoms with Gasteiger partial charge in [0.2, 0.25) is 0 Å². The van der Waals surface area contributed by atoms with Crippen LogP contribution in [-0.2, 0) is 23.6 Å². The molecular weight excluding hydrogens is 470 g/mol. The summed E-state index contributed by atoms with van der Waals surface area (Å²) in [5.74, 6) is -1.87. The van der Waals surface area contributed by atoms with E-state index in [-0.39, 0.29) is 12.3 Å². The van der Waals surface area contributed by atoms with Gasteiger partial charge in [0.05, 0.1) is 17.0 Å². The number of carbonyl (C=O) groups is 1. The van der Waals surface area contributed by atoms with Gasteiger partial charge in [-0.05, 0) is 64.8 Å². The van der Waals surface area contributed by atoms with Crippen LogP contribution in [0.2, 0.25) is 0 Å². The predicted molar refractivity (Wildman–Crippen MR) is 121 cm³/mol. The number of hydrogen-bond donors (Lipinski definition) is 1. The summed E-state index contributed by atoms with van der Waals surface area (Å²) in [5, 5.41) is 9.82. The third kappa shape index (κ3) is 6.87. The first-order valence-corrected chi connectivity index (χ1v) is 10.9. The molecule has 0 aliphatic rings. The van der Waals surface area contributed by atoms with Crippen LogP contribution in [0.5, 0.6) is 0 Å². The van der Waals surface area contributed by atoms with E-state index in [2.05, 4.69) is 0 Å². The molecule has 3 aromatic carbocycles. The Morgan fingerprint density at radius 3 is 1.94 bits per heavy atom. The molecule has 3 aromatic rings. The highest BCUT2D eigenvalue weighted by molar-refractivity contribution is 5.77. The molecule has 0 radical (unpaired) electrons. The highest BCUT2D eigenvalue weighted by Crippen LogP contribution is 2.35. The summed E-state index contributed by atoms with van der Waals surface area (Å²) < 4.78 is 78.4. The summed E-state index contributed by atoms with van der Waals surface area (Å²) in [6.45, 7) is 3.75. The van der Waals surface area contributed by atoms with E-state index in [1.54, 1.807) is 24.3 Å². The van der Waals surface area contributed by atoms with Crippen LogP contribution in [-0.4, -0.2) is 11.1 Å². The van der Waals surface area contributed by atoms with Crippen LogP contribution in [0, 0.1) is 5.92 Å². The van der Waals surface area contributed by atoms with E-state index in [0.29, 0.717) is 34.2 Å². The second-order valence-corrected chi connectivity index (χ2v) is 8.93. The fraction of sp³-hybridized carbons (Fsp3) is 0.296. The number of carboxylic acids is 1. The maximum atomic E-state index is 13.1. The standard InChI is InChI=1S/C27H24F6O2/c1-16(2)10-24(25(34)35)21-13-18(11-17-4-3-5-23(14-17)27(31,32)33)12-20(15-21)19-6-8-22(9-7-19)26(28,29)30/h3-9,12-16,24H,10-11H2,1-2H3,(H,34,35). The number of alkyl halides is 6. The molecule has 8 heteroatoms. The van der Waals surface area contributed by atoms with E-state index in [0.717, 1.165) is 24.3 Å². The number of benzene rings is 3. The Morgan fingerprint density at radius 2 is 1.40 bits per heavy atom. The Balaban J connectivity index is 2.09. The third-order valence-corrected chi connectivity index (χ3v) is 5.63. The molecule has 0 saturated heterocycles. The molecule has 0 spiro atoms.